The first-order valence-corrected chi connectivity index (χ1v) is 8.23. The third-order valence-corrected chi connectivity index (χ3v) is 4.94. The van der Waals surface area contributed by atoms with Crippen molar-refractivity contribution in [3.8, 4) is 11.5 Å². The Hall–Kier alpha value is -1.46. The van der Waals surface area contributed by atoms with Crippen LogP contribution in [0, 0.1) is 0 Å². The Morgan fingerprint density at radius 1 is 1.22 bits per heavy atom. The van der Waals surface area contributed by atoms with Gasteiger partial charge in [-0.1, -0.05) is 6.07 Å². The third-order valence-electron chi connectivity index (χ3n) is 4.94. The summed E-state index contributed by atoms with van der Waals surface area (Å²) in [6, 6.07) is 6.61. The average molecular weight is 339 g/mol. The molecule has 2 unspecified atom stereocenters. The van der Waals surface area contributed by atoms with Gasteiger partial charge in [0.1, 0.15) is 0 Å². The number of hydrogen-bond donors (Lipinski definition) is 1. The van der Waals surface area contributed by atoms with Crippen LogP contribution < -0.4 is 14.8 Å². The number of carbonyl (C=O) groups excluding carboxylic acids is 1. The molecule has 1 aromatic carbocycles. The minimum absolute atomic E-state index is 0. The smallest absolute Gasteiger partial charge is 0.231 e. The molecule has 2 saturated heterocycles. The van der Waals surface area contributed by atoms with Crippen molar-refractivity contribution in [3.63, 3.8) is 0 Å². The van der Waals surface area contributed by atoms with Gasteiger partial charge in [-0.15, -0.1) is 12.4 Å². The maximum atomic E-state index is 12.6. The maximum absolute atomic E-state index is 12.6. The van der Waals surface area contributed by atoms with Crippen LogP contribution in [-0.2, 0) is 4.79 Å². The van der Waals surface area contributed by atoms with E-state index in [0.717, 1.165) is 49.4 Å². The van der Waals surface area contributed by atoms with Crippen molar-refractivity contribution in [2.24, 2.45) is 0 Å². The minimum atomic E-state index is 0. The number of nitrogens with zero attached hydrogens (tertiary/aromatic N) is 1. The zero-order valence-corrected chi connectivity index (χ0v) is 13.9. The fourth-order valence-corrected chi connectivity index (χ4v) is 3.79. The number of nitrogens with one attached hydrogen (secondary N) is 1. The average Bonchev–Trinajstić information content (AvgIpc) is 3.27. The fraction of sp³-hybridized carbons (Fsp3) is 0.588. The second kappa shape index (κ2) is 6.97. The first-order valence-electron chi connectivity index (χ1n) is 8.23. The summed E-state index contributed by atoms with van der Waals surface area (Å²) >= 11 is 0. The molecule has 0 radical (unpaired) electrons. The van der Waals surface area contributed by atoms with Crippen molar-refractivity contribution >= 4 is 18.3 Å². The van der Waals surface area contributed by atoms with E-state index in [-0.39, 0.29) is 24.4 Å². The van der Waals surface area contributed by atoms with Gasteiger partial charge in [0.15, 0.2) is 11.5 Å². The highest BCUT2D eigenvalue weighted by molar-refractivity contribution is 5.85. The molecule has 2 atom stereocenters. The number of likely N-dealkylation sites (tertiary alicyclic amines) is 1. The van der Waals surface area contributed by atoms with E-state index in [2.05, 4.69) is 16.3 Å². The summed E-state index contributed by atoms with van der Waals surface area (Å²) in [4.78, 5) is 14.7. The fourth-order valence-electron chi connectivity index (χ4n) is 3.79. The van der Waals surface area contributed by atoms with Gasteiger partial charge in [0, 0.05) is 19.0 Å². The maximum Gasteiger partial charge on any atom is 0.231 e. The lowest BCUT2D eigenvalue weighted by Gasteiger charge is -2.26. The van der Waals surface area contributed by atoms with Crippen LogP contribution in [0.25, 0.3) is 0 Å². The summed E-state index contributed by atoms with van der Waals surface area (Å²) in [7, 11) is 0. The predicted molar refractivity (Wildman–Crippen MR) is 89.1 cm³/mol. The molecule has 0 saturated carbocycles. The van der Waals surface area contributed by atoms with Crippen LogP contribution in [0.4, 0.5) is 0 Å². The number of benzene rings is 1. The molecule has 1 N–H and O–H groups in total. The normalized spacial score (nSPS) is 25.5. The largest absolute Gasteiger partial charge is 0.454 e. The Balaban J connectivity index is 0.00000156. The van der Waals surface area contributed by atoms with E-state index in [1.165, 1.54) is 6.42 Å². The van der Waals surface area contributed by atoms with Crippen molar-refractivity contribution in [3.05, 3.63) is 23.8 Å². The lowest BCUT2D eigenvalue weighted by atomic mass is 10.0. The van der Waals surface area contributed by atoms with Gasteiger partial charge in [-0.2, -0.15) is 0 Å². The van der Waals surface area contributed by atoms with Crippen LogP contribution in [-0.4, -0.2) is 36.7 Å². The van der Waals surface area contributed by atoms with Gasteiger partial charge in [-0.3, -0.25) is 4.79 Å². The summed E-state index contributed by atoms with van der Waals surface area (Å²) in [6.07, 6.45) is 5.03. The van der Waals surface area contributed by atoms with Gasteiger partial charge in [0.25, 0.3) is 0 Å². The predicted octanol–water partition coefficient (Wildman–Crippen LogP) is 2.64. The topological polar surface area (TPSA) is 50.8 Å². The quantitative estimate of drug-likeness (QED) is 0.920. The lowest BCUT2D eigenvalue weighted by molar-refractivity contribution is -0.132. The molecule has 1 amide bonds. The Kier molecular flexibility index (Phi) is 4.97. The Labute approximate surface area is 142 Å². The molecule has 126 valence electrons. The van der Waals surface area contributed by atoms with Gasteiger partial charge in [-0.05, 0) is 49.9 Å². The molecular formula is C17H23ClN2O3. The van der Waals surface area contributed by atoms with E-state index in [0.29, 0.717) is 19.3 Å². The number of hydrogen-bond acceptors (Lipinski definition) is 4. The molecule has 0 bridgehead atoms. The van der Waals surface area contributed by atoms with E-state index in [1.807, 2.05) is 12.1 Å². The molecule has 6 heteroatoms. The van der Waals surface area contributed by atoms with Crippen LogP contribution in [0.15, 0.2) is 18.2 Å². The van der Waals surface area contributed by atoms with E-state index in [1.54, 1.807) is 0 Å². The van der Waals surface area contributed by atoms with Gasteiger partial charge >= 0.3 is 0 Å². The number of fused-ring (bicyclic) bond motifs is 1. The van der Waals surface area contributed by atoms with E-state index >= 15 is 0 Å². The zero-order valence-electron chi connectivity index (χ0n) is 13.1. The summed E-state index contributed by atoms with van der Waals surface area (Å²) in [5.74, 6) is 1.88. The SMILES string of the molecule is Cl.O=C(CC1CCCN1)N1CCCC1c1ccc2c(c1)OCO2. The van der Waals surface area contributed by atoms with E-state index in [4.69, 9.17) is 9.47 Å². The molecule has 5 nitrogen and oxygen atoms in total. The van der Waals surface area contributed by atoms with Crippen molar-refractivity contribution in [1.82, 2.24) is 10.2 Å². The lowest BCUT2D eigenvalue weighted by Crippen LogP contribution is -2.35. The Morgan fingerprint density at radius 3 is 2.91 bits per heavy atom. The molecule has 3 heterocycles. The first-order chi connectivity index (χ1) is 10.8. The third kappa shape index (κ3) is 3.26. The summed E-state index contributed by atoms with van der Waals surface area (Å²) in [6.45, 7) is 2.20. The van der Waals surface area contributed by atoms with Gasteiger partial charge in [-0.25, -0.2) is 0 Å². The molecule has 0 aromatic heterocycles. The number of carbonyl (C=O) groups is 1. The molecule has 3 aliphatic heterocycles. The molecule has 0 spiro atoms. The monoisotopic (exact) mass is 338 g/mol. The second-order valence-electron chi connectivity index (χ2n) is 6.36. The highest BCUT2D eigenvalue weighted by atomic mass is 35.5. The zero-order chi connectivity index (χ0) is 14.9. The van der Waals surface area contributed by atoms with E-state index < -0.39 is 0 Å². The van der Waals surface area contributed by atoms with Crippen LogP contribution in [0.1, 0.15) is 43.7 Å². The van der Waals surface area contributed by atoms with Crippen LogP contribution in [0.2, 0.25) is 0 Å². The highest BCUT2D eigenvalue weighted by Crippen LogP contribution is 2.39. The summed E-state index contributed by atoms with van der Waals surface area (Å²) < 4.78 is 10.8. The van der Waals surface area contributed by atoms with Crippen molar-refractivity contribution < 1.29 is 14.3 Å². The Bertz CT molecular complexity index is 575. The van der Waals surface area contributed by atoms with Gasteiger partial charge in [0.05, 0.1) is 6.04 Å². The van der Waals surface area contributed by atoms with Gasteiger partial charge in [0.2, 0.25) is 12.7 Å². The molecule has 3 aliphatic rings. The molecule has 1 aromatic rings. The number of rotatable bonds is 3. The van der Waals surface area contributed by atoms with Crippen LogP contribution in [0.5, 0.6) is 11.5 Å². The van der Waals surface area contributed by atoms with Crippen molar-refractivity contribution in [1.29, 1.82) is 0 Å². The standard InChI is InChI=1S/C17H22N2O3.ClH/c20-17(10-13-3-1-7-18-13)19-8-2-4-14(19)12-5-6-15-16(9-12)22-11-21-15;/h5-6,9,13-14,18H,1-4,7-8,10-11H2;1H. The Morgan fingerprint density at radius 2 is 2.09 bits per heavy atom. The second-order valence-corrected chi connectivity index (χ2v) is 6.36. The molecule has 2 fully saturated rings. The summed E-state index contributed by atoms with van der Waals surface area (Å²) in [5.41, 5.74) is 1.16. The van der Waals surface area contributed by atoms with Crippen LogP contribution >= 0.6 is 12.4 Å². The number of halogens is 1. The van der Waals surface area contributed by atoms with Crippen molar-refractivity contribution in [2.45, 2.75) is 44.2 Å². The molecule has 4 rings (SSSR count). The molecular weight excluding hydrogens is 316 g/mol. The van der Waals surface area contributed by atoms with Crippen LogP contribution in [0.3, 0.4) is 0 Å². The van der Waals surface area contributed by atoms with E-state index in [9.17, 15) is 4.79 Å². The highest BCUT2D eigenvalue weighted by Gasteiger charge is 2.32. The number of amides is 1. The summed E-state index contributed by atoms with van der Waals surface area (Å²) in [5, 5.41) is 3.42. The molecule has 23 heavy (non-hydrogen) atoms. The number of ether oxygens (including phenoxy) is 2. The molecule has 0 aliphatic carbocycles. The van der Waals surface area contributed by atoms with Crippen molar-refractivity contribution in [2.75, 3.05) is 19.9 Å². The first kappa shape index (κ1) is 16.4. The minimum Gasteiger partial charge on any atom is -0.454 e. The van der Waals surface area contributed by atoms with Gasteiger partial charge < -0.3 is 19.7 Å².